The molecule has 5 heteroatoms. The van der Waals surface area contributed by atoms with Crippen LogP contribution in [0.4, 0.5) is 0 Å². The predicted molar refractivity (Wildman–Crippen MR) is 74.7 cm³/mol. The van der Waals surface area contributed by atoms with E-state index >= 15 is 0 Å². The van der Waals surface area contributed by atoms with Crippen molar-refractivity contribution in [2.24, 2.45) is 0 Å². The zero-order valence-corrected chi connectivity index (χ0v) is 11.5. The number of nitrogens with one attached hydrogen (secondary N) is 2. The van der Waals surface area contributed by atoms with Crippen LogP contribution in [-0.4, -0.2) is 34.6 Å². The van der Waals surface area contributed by atoms with Gasteiger partial charge in [-0.15, -0.1) is 0 Å². The average molecular weight is 264 g/mol. The van der Waals surface area contributed by atoms with Gasteiger partial charge in [-0.1, -0.05) is 25.7 Å². The van der Waals surface area contributed by atoms with E-state index in [1.165, 1.54) is 25.7 Å². The molecule has 0 spiro atoms. The second kappa shape index (κ2) is 7.94. The number of aromatic nitrogens is 2. The molecule has 0 bridgehead atoms. The first-order valence-corrected chi connectivity index (χ1v) is 7.30. The summed E-state index contributed by atoms with van der Waals surface area (Å²) in [6, 6.07) is 0.394. The minimum absolute atomic E-state index is 0.123. The lowest BCUT2D eigenvalue weighted by atomic mass is 10.1. The van der Waals surface area contributed by atoms with E-state index in [1.54, 1.807) is 12.5 Å². The van der Waals surface area contributed by atoms with E-state index in [0.717, 1.165) is 25.9 Å². The highest BCUT2D eigenvalue weighted by atomic mass is 16.1. The molecule has 2 N–H and O–H groups in total. The van der Waals surface area contributed by atoms with Gasteiger partial charge in [-0.25, -0.2) is 4.98 Å². The number of rotatable bonds is 6. The summed E-state index contributed by atoms with van der Waals surface area (Å²) in [5.74, 6) is 0.123. The Hall–Kier alpha value is -1.36. The van der Waals surface area contributed by atoms with Crippen LogP contribution in [0.2, 0.25) is 0 Å². The summed E-state index contributed by atoms with van der Waals surface area (Å²) in [5.41, 5.74) is 0. The lowest BCUT2D eigenvalue weighted by Crippen LogP contribution is -2.40. The molecule has 1 amide bonds. The number of carbonyl (C=O) groups excluding carboxylic acids is 1. The molecule has 106 valence electrons. The Morgan fingerprint density at radius 3 is 2.74 bits per heavy atom. The zero-order valence-electron chi connectivity index (χ0n) is 11.5. The Balaban J connectivity index is 1.56. The summed E-state index contributed by atoms with van der Waals surface area (Å²) >= 11 is 0. The minimum Gasteiger partial charge on any atom is -0.352 e. The molecule has 1 fully saturated rings. The van der Waals surface area contributed by atoms with Crippen LogP contribution in [0.5, 0.6) is 0 Å². The van der Waals surface area contributed by atoms with Gasteiger partial charge in [0.1, 0.15) is 0 Å². The third-order valence-corrected chi connectivity index (χ3v) is 3.61. The van der Waals surface area contributed by atoms with Crippen LogP contribution in [0.25, 0.3) is 0 Å². The molecule has 19 heavy (non-hydrogen) atoms. The van der Waals surface area contributed by atoms with Crippen molar-refractivity contribution in [2.75, 3.05) is 13.1 Å². The number of nitrogens with zero attached hydrogens (tertiary/aromatic N) is 2. The first kappa shape index (κ1) is 14.1. The van der Waals surface area contributed by atoms with E-state index in [9.17, 15) is 4.79 Å². The molecule has 1 aromatic rings. The van der Waals surface area contributed by atoms with Crippen molar-refractivity contribution in [3.05, 3.63) is 18.7 Å². The molecule has 1 aliphatic carbocycles. The van der Waals surface area contributed by atoms with Crippen LogP contribution in [0.1, 0.15) is 38.5 Å². The van der Waals surface area contributed by atoms with Crippen molar-refractivity contribution in [2.45, 2.75) is 51.1 Å². The second-order valence-corrected chi connectivity index (χ2v) is 5.23. The van der Waals surface area contributed by atoms with Crippen LogP contribution in [-0.2, 0) is 11.3 Å². The molecule has 1 aliphatic rings. The normalized spacial score (nSPS) is 17.1. The SMILES string of the molecule is O=C(CNCCn1ccnc1)NC1CCCCCC1. The zero-order chi connectivity index (χ0) is 13.3. The van der Waals surface area contributed by atoms with Crippen LogP contribution in [0.15, 0.2) is 18.7 Å². The van der Waals surface area contributed by atoms with E-state index < -0.39 is 0 Å². The summed E-state index contributed by atoms with van der Waals surface area (Å²) < 4.78 is 2.00. The molecule has 0 atom stereocenters. The van der Waals surface area contributed by atoms with Gasteiger partial charge in [0.15, 0.2) is 0 Å². The molecule has 5 nitrogen and oxygen atoms in total. The smallest absolute Gasteiger partial charge is 0.234 e. The van der Waals surface area contributed by atoms with Gasteiger partial charge in [0.2, 0.25) is 5.91 Å². The average Bonchev–Trinajstić information content (AvgIpc) is 2.79. The molecule has 1 aromatic heterocycles. The van der Waals surface area contributed by atoms with Gasteiger partial charge in [-0.3, -0.25) is 4.79 Å². The van der Waals surface area contributed by atoms with E-state index in [1.807, 2.05) is 10.8 Å². The predicted octanol–water partition coefficient (Wildman–Crippen LogP) is 1.31. The highest BCUT2D eigenvalue weighted by Crippen LogP contribution is 2.16. The fourth-order valence-corrected chi connectivity index (χ4v) is 2.53. The van der Waals surface area contributed by atoms with Crippen molar-refractivity contribution in [1.82, 2.24) is 20.2 Å². The van der Waals surface area contributed by atoms with Crippen LogP contribution in [0.3, 0.4) is 0 Å². The third kappa shape index (κ3) is 5.42. The standard InChI is InChI=1S/C14H24N4O/c19-14(17-13-5-3-1-2-4-6-13)11-15-7-9-18-10-8-16-12-18/h8,10,12-13,15H,1-7,9,11H2,(H,17,19). The van der Waals surface area contributed by atoms with Gasteiger partial charge in [0, 0.05) is 31.5 Å². The summed E-state index contributed by atoms with van der Waals surface area (Å²) in [4.78, 5) is 15.8. The maximum atomic E-state index is 11.8. The van der Waals surface area contributed by atoms with E-state index in [2.05, 4.69) is 15.6 Å². The molecule has 0 unspecified atom stereocenters. The Bertz CT molecular complexity index is 356. The van der Waals surface area contributed by atoms with Crippen molar-refractivity contribution < 1.29 is 4.79 Å². The summed E-state index contributed by atoms with van der Waals surface area (Å²) in [5, 5.41) is 6.30. The molecule has 0 aromatic carbocycles. The lowest BCUT2D eigenvalue weighted by Gasteiger charge is -2.16. The maximum Gasteiger partial charge on any atom is 0.234 e. The molecular formula is C14H24N4O. The summed E-state index contributed by atoms with van der Waals surface area (Å²) in [7, 11) is 0. The first-order chi connectivity index (χ1) is 9.34. The molecular weight excluding hydrogens is 240 g/mol. The van der Waals surface area contributed by atoms with Crippen LogP contribution >= 0.6 is 0 Å². The Kier molecular flexibility index (Phi) is 5.88. The Labute approximate surface area is 114 Å². The fourth-order valence-electron chi connectivity index (χ4n) is 2.53. The minimum atomic E-state index is 0.123. The highest BCUT2D eigenvalue weighted by Gasteiger charge is 2.13. The highest BCUT2D eigenvalue weighted by molar-refractivity contribution is 5.78. The molecule has 1 heterocycles. The van der Waals surface area contributed by atoms with Crippen molar-refractivity contribution in [3.63, 3.8) is 0 Å². The largest absolute Gasteiger partial charge is 0.352 e. The molecule has 2 rings (SSSR count). The lowest BCUT2D eigenvalue weighted by molar-refractivity contribution is -0.121. The first-order valence-electron chi connectivity index (χ1n) is 7.30. The summed E-state index contributed by atoms with van der Waals surface area (Å²) in [6.45, 7) is 2.04. The summed E-state index contributed by atoms with van der Waals surface area (Å²) in [6.07, 6.45) is 12.9. The second-order valence-electron chi connectivity index (χ2n) is 5.23. The number of hydrogen-bond acceptors (Lipinski definition) is 3. The van der Waals surface area contributed by atoms with Crippen LogP contribution in [0, 0.1) is 0 Å². The number of amides is 1. The molecule has 0 radical (unpaired) electrons. The van der Waals surface area contributed by atoms with Gasteiger partial charge in [0.05, 0.1) is 12.9 Å². The number of carbonyl (C=O) groups is 1. The number of hydrogen-bond donors (Lipinski definition) is 2. The Morgan fingerprint density at radius 1 is 1.26 bits per heavy atom. The van der Waals surface area contributed by atoms with Crippen molar-refractivity contribution in [1.29, 1.82) is 0 Å². The maximum absolute atomic E-state index is 11.8. The van der Waals surface area contributed by atoms with Crippen molar-refractivity contribution >= 4 is 5.91 Å². The fraction of sp³-hybridized carbons (Fsp3) is 0.714. The monoisotopic (exact) mass is 264 g/mol. The Morgan fingerprint density at radius 2 is 2.05 bits per heavy atom. The molecule has 0 saturated heterocycles. The van der Waals surface area contributed by atoms with Crippen LogP contribution < -0.4 is 10.6 Å². The van der Waals surface area contributed by atoms with E-state index in [-0.39, 0.29) is 5.91 Å². The van der Waals surface area contributed by atoms with E-state index in [4.69, 9.17) is 0 Å². The quantitative estimate of drug-likeness (QED) is 0.601. The number of imidazole rings is 1. The molecule has 0 aliphatic heterocycles. The molecule has 1 saturated carbocycles. The third-order valence-electron chi connectivity index (χ3n) is 3.61. The topological polar surface area (TPSA) is 59.0 Å². The van der Waals surface area contributed by atoms with Crippen molar-refractivity contribution in [3.8, 4) is 0 Å². The van der Waals surface area contributed by atoms with Gasteiger partial charge in [-0.05, 0) is 12.8 Å². The van der Waals surface area contributed by atoms with E-state index in [0.29, 0.717) is 12.6 Å². The van der Waals surface area contributed by atoms with Gasteiger partial charge < -0.3 is 15.2 Å². The van der Waals surface area contributed by atoms with Gasteiger partial charge in [0.25, 0.3) is 0 Å². The van der Waals surface area contributed by atoms with Gasteiger partial charge >= 0.3 is 0 Å². The van der Waals surface area contributed by atoms with Gasteiger partial charge in [-0.2, -0.15) is 0 Å².